The lowest BCUT2D eigenvalue weighted by molar-refractivity contribution is -0.136. The van der Waals surface area contributed by atoms with Gasteiger partial charge in [-0.15, -0.1) is 0 Å². The molecular weight excluding hydrogens is 490 g/mol. The zero-order valence-corrected chi connectivity index (χ0v) is 20.6. The molecule has 1 aromatic heterocycles. The summed E-state index contributed by atoms with van der Waals surface area (Å²) in [6.45, 7) is 1.96. The smallest absolute Gasteiger partial charge is 0.369 e. The lowest BCUT2D eigenvalue weighted by atomic mass is 9.75. The third-order valence-electron chi connectivity index (χ3n) is 7.26. The number of ketones is 1. The number of guanidine groups is 1. The fraction of sp³-hybridized carbons (Fsp3) is 0.462. The second-order valence-corrected chi connectivity index (χ2v) is 9.51. The van der Waals surface area contributed by atoms with Crippen LogP contribution in [-0.4, -0.2) is 64.8 Å². The van der Waals surface area contributed by atoms with E-state index in [0.717, 1.165) is 0 Å². The minimum absolute atomic E-state index is 0.00292. The molecule has 0 aliphatic carbocycles. The lowest BCUT2D eigenvalue weighted by Gasteiger charge is -2.32. The van der Waals surface area contributed by atoms with Crippen LogP contribution in [0.2, 0.25) is 0 Å². The molecular formula is C26H29F4N5O2. The second kappa shape index (κ2) is 10.2. The average molecular weight is 520 g/mol. The number of aromatic nitrogens is 1. The van der Waals surface area contributed by atoms with E-state index >= 15 is 0 Å². The summed E-state index contributed by atoms with van der Waals surface area (Å²) in [5.41, 5.74) is 5.78. The first-order chi connectivity index (χ1) is 17.5. The number of hydrogen-bond donors (Lipinski definition) is 1. The minimum Gasteiger partial charge on any atom is -0.369 e. The maximum absolute atomic E-state index is 14.5. The third kappa shape index (κ3) is 5.09. The van der Waals surface area contributed by atoms with Crippen molar-refractivity contribution in [1.82, 2.24) is 14.8 Å². The maximum atomic E-state index is 14.5. The molecule has 0 radical (unpaired) electrons. The Bertz CT molecular complexity index is 1220. The Labute approximate surface area is 212 Å². The number of nitrogens with two attached hydrogens (primary N) is 1. The van der Waals surface area contributed by atoms with Gasteiger partial charge in [-0.25, -0.2) is 9.98 Å². The molecule has 1 fully saturated rings. The topological polar surface area (TPSA) is 91.9 Å². The molecule has 2 N–H and O–H groups in total. The number of benzene rings is 1. The van der Waals surface area contributed by atoms with E-state index < -0.39 is 42.0 Å². The molecule has 1 amide bonds. The molecule has 37 heavy (non-hydrogen) atoms. The predicted octanol–water partition coefficient (Wildman–Crippen LogP) is 3.88. The summed E-state index contributed by atoms with van der Waals surface area (Å²) in [6, 6.07) is 9.28. The Morgan fingerprint density at radius 2 is 2.00 bits per heavy atom. The number of halogens is 4. The molecule has 7 nitrogen and oxygen atoms in total. The number of pyridine rings is 1. The molecule has 2 aliphatic heterocycles. The van der Waals surface area contributed by atoms with E-state index in [1.54, 1.807) is 48.2 Å². The number of rotatable bonds is 8. The van der Waals surface area contributed by atoms with Crippen LogP contribution in [0.5, 0.6) is 0 Å². The van der Waals surface area contributed by atoms with E-state index in [4.69, 9.17) is 5.73 Å². The summed E-state index contributed by atoms with van der Waals surface area (Å²) in [6.07, 6.45) is -3.63. The highest BCUT2D eigenvalue weighted by atomic mass is 19.4. The number of carbonyl (C=O) groups is 2. The Kier molecular flexibility index (Phi) is 7.36. The fourth-order valence-electron chi connectivity index (χ4n) is 5.38. The van der Waals surface area contributed by atoms with Crippen LogP contribution in [-0.2, 0) is 15.1 Å². The van der Waals surface area contributed by atoms with Gasteiger partial charge in [0.15, 0.2) is 11.5 Å². The van der Waals surface area contributed by atoms with Crippen LogP contribution in [0.4, 0.5) is 17.6 Å². The molecule has 0 saturated carbocycles. The summed E-state index contributed by atoms with van der Waals surface area (Å²) >= 11 is 0. The summed E-state index contributed by atoms with van der Waals surface area (Å²) in [5.74, 6) is -1.72. The molecule has 2 aliphatic rings. The molecule has 3 atom stereocenters. The van der Waals surface area contributed by atoms with Crippen molar-refractivity contribution in [2.45, 2.75) is 50.4 Å². The van der Waals surface area contributed by atoms with Crippen LogP contribution in [0.1, 0.15) is 38.2 Å². The van der Waals surface area contributed by atoms with Gasteiger partial charge < -0.3 is 5.73 Å². The van der Waals surface area contributed by atoms with Crippen LogP contribution in [0, 0.1) is 11.9 Å². The Balaban J connectivity index is 1.75. The molecule has 1 saturated heterocycles. The highest BCUT2D eigenvalue weighted by Crippen LogP contribution is 2.46. The van der Waals surface area contributed by atoms with Gasteiger partial charge in [-0.05, 0) is 48.7 Å². The number of aliphatic imine (C=N–C) groups is 1. The van der Waals surface area contributed by atoms with Crippen molar-refractivity contribution in [2.24, 2.45) is 16.6 Å². The zero-order chi connectivity index (χ0) is 27.0. The molecule has 11 heteroatoms. The number of carbonyl (C=O) groups excluding carboxylic acids is 2. The SMILES string of the molecule is CCC(=O)C1CC([C@]2(c3cccc(-c4cccnc4F)c3)N=C(N)N(C)C2=O)CN1CCCC(F)(F)F. The zero-order valence-electron chi connectivity index (χ0n) is 20.6. The van der Waals surface area contributed by atoms with Crippen molar-refractivity contribution in [1.29, 1.82) is 0 Å². The van der Waals surface area contributed by atoms with Gasteiger partial charge in [0.1, 0.15) is 5.78 Å². The van der Waals surface area contributed by atoms with Crippen molar-refractivity contribution in [3.63, 3.8) is 0 Å². The predicted molar refractivity (Wildman–Crippen MR) is 130 cm³/mol. The Hall–Kier alpha value is -3.34. The number of Topliss-reactive ketones (excluding diaryl/α,β-unsaturated/α-hetero) is 1. The number of hydrogen-bond acceptors (Lipinski definition) is 6. The first-order valence-corrected chi connectivity index (χ1v) is 12.2. The molecule has 0 bridgehead atoms. The number of likely N-dealkylation sites (tertiary alicyclic amines) is 1. The molecule has 4 rings (SSSR count). The van der Waals surface area contributed by atoms with Gasteiger partial charge >= 0.3 is 6.18 Å². The van der Waals surface area contributed by atoms with Gasteiger partial charge in [-0.3, -0.25) is 19.4 Å². The number of nitrogens with zero attached hydrogens (tertiary/aromatic N) is 4. The quantitative estimate of drug-likeness (QED) is 0.422. The fourth-order valence-corrected chi connectivity index (χ4v) is 5.38. The van der Waals surface area contributed by atoms with Crippen LogP contribution in [0.25, 0.3) is 11.1 Å². The van der Waals surface area contributed by atoms with E-state index in [2.05, 4.69) is 9.98 Å². The van der Waals surface area contributed by atoms with Crippen LogP contribution < -0.4 is 5.73 Å². The Morgan fingerprint density at radius 1 is 1.24 bits per heavy atom. The monoisotopic (exact) mass is 519 g/mol. The normalized spacial score (nSPS) is 24.5. The highest BCUT2D eigenvalue weighted by molar-refractivity contribution is 6.07. The molecule has 0 spiro atoms. The van der Waals surface area contributed by atoms with Gasteiger partial charge in [0, 0.05) is 44.1 Å². The highest BCUT2D eigenvalue weighted by Gasteiger charge is 2.57. The average Bonchev–Trinajstić information content (AvgIpc) is 3.38. The third-order valence-corrected chi connectivity index (χ3v) is 7.26. The van der Waals surface area contributed by atoms with Crippen molar-refractivity contribution < 1.29 is 27.2 Å². The van der Waals surface area contributed by atoms with E-state index in [9.17, 15) is 27.2 Å². The molecule has 2 unspecified atom stereocenters. The summed E-state index contributed by atoms with van der Waals surface area (Å²) < 4.78 is 52.9. The second-order valence-electron chi connectivity index (χ2n) is 9.51. The maximum Gasteiger partial charge on any atom is 0.389 e. The van der Waals surface area contributed by atoms with E-state index in [0.29, 0.717) is 11.1 Å². The van der Waals surface area contributed by atoms with Gasteiger partial charge in [0.2, 0.25) is 5.95 Å². The summed E-state index contributed by atoms with van der Waals surface area (Å²) in [7, 11) is 1.50. The van der Waals surface area contributed by atoms with E-state index in [1.807, 2.05) is 0 Å². The van der Waals surface area contributed by atoms with Crippen LogP contribution in [0.15, 0.2) is 47.6 Å². The number of alkyl halides is 3. The van der Waals surface area contributed by atoms with Crippen LogP contribution in [0.3, 0.4) is 0 Å². The van der Waals surface area contributed by atoms with Crippen molar-refractivity contribution in [3.05, 3.63) is 54.1 Å². The first kappa shape index (κ1) is 26.7. The number of likely N-dealkylation sites (N-methyl/N-ethyl adjacent to an activating group) is 1. The minimum atomic E-state index is -4.30. The van der Waals surface area contributed by atoms with Gasteiger partial charge in [0.25, 0.3) is 5.91 Å². The van der Waals surface area contributed by atoms with Crippen molar-refractivity contribution >= 4 is 17.6 Å². The van der Waals surface area contributed by atoms with Crippen molar-refractivity contribution in [3.8, 4) is 11.1 Å². The van der Waals surface area contributed by atoms with Crippen LogP contribution >= 0.6 is 0 Å². The summed E-state index contributed by atoms with van der Waals surface area (Å²) in [5, 5.41) is 0. The molecule has 2 aromatic rings. The van der Waals surface area contributed by atoms with Gasteiger partial charge in [0.05, 0.1) is 6.04 Å². The molecule has 3 heterocycles. The lowest BCUT2D eigenvalue weighted by Crippen LogP contribution is -2.45. The largest absolute Gasteiger partial charge is 0.389 e. The molecule has 198 valence electrons. The van der Waals surface area contributed by atoms with E-state index in [-0.39, 0.29) is 49.7 Å². The first-order valence-electron chi connectivity index (χ1n) is 12.2. The standard InChI is InChI=1S/C26H29F4N5O2/c1-3-21(36)20-14-18(15-35(20)12-6-10-25(28,29)30)26(23(37)34(2)24(31)33-26)17-8-4-7-16(13-17)19-9-5-11-32-22(19)27/h4-5,7-9,11,13,18,20H,3,6,10,12,14-15H2,1-2H3,(H2,31,33)/t18?,20?,26-/m0/s1. The summed E-state index contributed by atoms with van der Waals surface area (Å²) in [4.78, 5) is 37.8. The number of amides is 1. The van der Waals surface area contributed by atoms with E-state index in [1.165, 1.54) is 18.1 Å². The molecule has 1 aromatic carbocycles. The van der Waals surface area contributed by atoms with Gasteiger partial charge in [-0.2, -0.15) is 17.6 Å². The van der Waals surface area contributed by atoms with Crippen molar-refractivity contribution in [2.75, 3.05) is 20.1 Å². The Morgan fingerprint density at radius 3 is 2.62 bits per heavy atom. The van der Waals surface area contributed by atoms with Gasteiger partial charge in [-0.1, -0.05) is 25.1 Å².